The first kappa shape index (κ1) is 16.1. The quantitative estimate of drug-likeness (QED) is 0.355. The summed E-state index contributed by atoms with van der Waals surface area (Å²) in [6.45, 7) is 0. The standard InChI is InChI=1S/C13H12BrN3O5/c14-6-8-7(2-1-3-10(8)17(21)22)12(19)15-9-4-5-11(18)16-13(9)20/h1-3,9H,4-6H2,(H,15,19)(H,16,18,20). The summed E-state index contributed by atoms with van der Waals surface area (Å²) in [7, 11) is 0. The normalized spacial score (nSPS) is 17.8. The molecule has 8 nitrogen and oxygen atoms in total. The number of alkyl halides is 1. The molecule has 0 bridgehead atoms. The van der Waals surface area contributed by atoms with Gasteiger partial charge in [0.15, 0.2) is 0 Å². The van der Waals surface area contributed by atoms with Gasteiger partial charge in [0.05, 0.1) is 16.1 Å². The Hall–Kier alpha value is -2.29. The molecule has 22 heavy (non-hydrogen) atoms. The summed E-state index contributed by atoms with van der Waals surface area (Å²) >= 11 is 3.13. The number of nitro benzene ring substituents is 1. The van der Waals surface area contributed by atoms with Gasteiger partial charge in [0.2, 0.25) is 11.8 Å². The summed E-state index contributed by atoms with van der Waals surface area (Å²) in [6, 6.07) is 3.33. The van der Waals surface area contributed by atoms with E-state index in [-0.39, 0.29) is 40.9 Å². The van der Waals surface area contributed by atoms with Gasteiger partial charge >= 0.3 is 0 Å². The van der Waals surface area contributed by atoms with Gasteiger partial charge in [-0.1, -0.05) is 22.0 Å². The second-order valence-electron chi connectivity index (χ2n) is 4.67. The van der Waals surface area contributed by atoms with Gasteiger partial charge in [-0.3, -0.25) is 29.8 Å². The van der Waals surface area contributed by atoms with Crippen molar-refractivity contribution in [1.29, 1.82) is 0 Å². The molecule has 1 heterocycles. The average molecular weight is 370 g/mol. The minimum absolute atomic E-state index is 0.121. The molecule has 116 valence electrons. The first-order valence-corrected chi connectivity index (χ1v) is 7.53. The van der Waals surface area contributed by atoms with E-state index in [2.05, 4.69) is 26.6 Å². The second kappa shape index (κ2) is 6.65. The molecule has 1 aliphatic rings. The van der Waals surface area contributed by atoms with E-state index in [1.54, 1.807) is 0 Å². The number of piperidine rings is 1. The van der Waals surface area contributed by atoms with Gasteiger partial charge in [-0.05, 0) is 12.5 Å². The van der Waals surface area contributed by atoms with Crippen molar-refractivity contribution in [3.63, 3.8) is 0 Å². The summed E-state index contributed by atoms with van der Waals surface area (Å²) in [5.74, 6) is -1.55. The highest BCUT2D eigenvalue weighted by molar-refractivity contribution is 9.08. The van der Waals surface area contributed by atoms with Crippen LogP contribution in [0.1, 0.15) is 28.8 Å². The van der Waals surface area contributed by atoms with Crippen LogP contribution >= 0.6 is 15.9 Å². The van der Waals surface area contributed by atoms with Crippen molar-refractivity contribution in [1.82, 2.24) is 10.6 Å². The first-order valence-electron chi connectivity index (χ1n) is 6.41. The summed E-state index contributed by atoms with van der Waals surface area (Å²) in [4.78, 5) is 45.4. The molecule has 2 rings (SSSR count). The molecule has 0 saturated carbocycles. The van der Waals surface area contributed by atoms with Crippen molar-refractivity contribution in [3.8, 4) is 0 Å². The number of hydrogen-bond donors (Lipinski definition) is 2. The molecule has 0 aliphatic carbocycles. The van der Waals surface area contributed by atoms with Crippen LogP contribution in [0.5, 0.6) is 0 Å². The molecule has 1 aliphatic heterocycles. The zero-order chi connectivity index (χ0) is 16.3. The van der Waals surface area contributed by atoms with Gasteiger partial charge < -0.3 is 5.32 Å². The zero-order valence-electron chi connectivity index (χ0n) is 11.3. The molecule has 1 aromatic rings. The monoisotopic (exact) mass is 369 g/mol. The molecule has 9 heteroatoms. The van der Waals surface area contributed by atoms with Crippen molar-refractivity contribution in [2.45, 2.75) is 24.2 Å². The number of rotatable bonds is 4. The number of halogens is 1. The lowest BCUT2D eigenvalue weighted by Gasteiger charge is -2.22. The topological polar surface area (TPSA) is 118 Å². The number of carbonyl (C=O) groups excluding carboxylic acids is 3. The molecule has 1 unspecified atom stereocenters. The number of nitro groups is 1. The van der Waals surface area contributed by atoms with Gasteiger partial charge in [0, 0.05) is 17.8 Å². The molecule has 1 fully saturated rings. The summed E-state index contributed by atoms with van der Waals surface area (Å²) in [5.41, 5.74) is 0.181. The van der Waals surface area contributed by atoms with Gasteiger partial charge in [-0.15, -0.1) is 0 Å². The Morgan fingerprint density at radius 1 is 1.45 bits per heavy atom. The van der Waals surface area contributed by atoms with Gasteiger partial charge in [0.1, 0.15) is 6.04 Å². The average Bonchev–Trinajstić information content (AvgIpc) is 2.49. The predicted octanol–water partition coefficient (Wildman–Crippen LogP) is 1.02. The third-order valence-corrected chi connectivity index (χ3v) is 3.83. The number of amides is 3. The maximum atomic E-state index is 12.3. The number of carbonyl (C=O) groups is 3. The van der Waals surface area contributed by atoms with Crippen LogP contribution in [-0.2, 0) is 14.9 Å². The predicted molar refractivity (Wildman–Crippen MR) is 79.4 cm³/mol. The minimum Gasteiger partial charge on any atom is -0.340 e. The maximum absolute atomic E-state index is 12.3. The number of benzene rings is 1. The Morgan fingerprint density at radius 2 is 2.18 bits per heavy atom. The fourth-order valence-corrected chi connectivity index (χ4v) is 2.76. The van der Waals surface area contributed by atoms with E-state index in [0.717, 1.165) is 0 Å². The Labute approximate surface area is 133 Å². The third-order valence-electron chi connectivity index (χ3n) is 3.27. The fourth-order valence-electron chi connectivity index (χ4n) is 2.17. The van der Waals surface area contributed by atoms with Crippen molar-refractivity contribution in [2.75, 3.05) is 0 Å². The molecule has 0 aromatic heterocycles. The largest absolute Gasteiger partial charge is 0.340 e. The summed E-state index contributed by atoms with van der Waals surface area (Å²) < 4.78 is 0. The van der Waals surface area contributed by atoms with E-state index in [1.807, 2.05) is 0 Å². The molecule has 2 N–H and O–H groups in total. The van der Waals surface area contributed by atoms with Gasteiger partial charge in [-0.2, -0.15) is 0 Å². The molecular weight excluding hydrogens is 358 g/mol. The maximum Gasteiger partial charge on any atom is 0.274 e. The highest BCUT2D eigenvalue weighted by Gasteiger charge is 2.29. The van der Waals surface area contributed by atoms with Crippen LogP contribution in [0.15, 0.2) is 18.2 Å². The Bertz CT molecular complexity index is 661. The van der Waals surface area contributed by atoms with E-state index in [0.29, 0.717) is 0 Å². The second-order valence-corrected chi connectivity index (χ2v) is 5.23. The lowest BCUT2D eigenvalue weighted by atomic mass is 10.0. The molecule has 1 saturated heterocycles. The van der Waals surface area contributed by atoms with Crippen molar-refractivity contribution >= 4 is 39.3 Å². The van der Waals surface area contributed by atoms with Crippen LogP contribution in [0.25, 0.3) is 0 Å². The molecular formula is C13H12BrN3O5. The molecule has 1 aromatic carbocycles. The Balaban J connectivity index is 2.23. The zero-order valence-corrected chi connectivity index (χ0v) is 12.9. The van der Waals surface area contributed by atoms with E-state index in [9.17, 15) is 24.5 Å². The minimum atomic E-state index is -0.826. The van der Waals surface area contributed by atoms with Crippen LogP contribution in [0.4, 0.5) is 5.69 Å². The van der Waals surface area contributed by atoms with Crippen molar-refractivity contribution < 1.29 is 19.3 Å². The number of imide groups is 1. The highest BCUT2D eigenvalue weighted by Crippen LogP contribution is 2.25. The van der Waals surface area contributed by atoms with Crippen LogP contribution in [0.2, 0.25) is 0 Å². The lowest BCUT2D eigenvalue weighted by molar-refractivity contribution is -0.385. The molecule has 0 radical (unpaired) electrons. The van der Waals surface area contributed by atoms with E-state index < -0.39 is 22.8 Å². The smallest absolute Gasteiger partial charge is 0.274 e. The fraction of sp³-hybridized carbons (Fsp3) is 0.308. The highest BCUT2D eigenvalue weighted by atomic mass is 79.9. The molecule has 0 spiro atoms. The molecule has 3 amide bonds. The number of hydrogen-bond acceptors (Lipinski definition) is 5. The summed E-state index contributed by atoms with van der Waals surface area (Å²) in [5, 5.41) is 15.7. The summed E-state index contributed by atoms with van der Waals surface area (Å²) in [6.07, 6.45) is 0.339. The number of nitrogens with one attached hydrogen (secondary N) is 2. The van der Waals surface area contributed by atoms with E-state index in [1.165, 1.54) is 18.2 Å². The third kappa shape index (κ3) is 3.30. The van der Waals surface area contributed by atoms with Crippen LogP contribution in [-0.4, -0.2) is 28.7 Å². The lowest BCUT2D eigenvalue weighted by Crippen LogP contribution is -2.52. The Morgan fingerprint density at radius 3 is 2.77 bits per heavy atom. The van der Waals surface area contributed by atoms with E-state index >= 15 is 0 Å². The first-order chi connectivity index (χ1) is 10.4. The van der Waals surface area contributed by atoms with Gasteiger partial charge in [-0.25, -0.2) is 0 Å². The van der Waals surface area contributed by atoms with Crippen molar-refractivity contribution in [2.24, 2.45) is 0 Å². The Kier molecular flexibility index (Phi) is 4.86. The van der Waals surface area contributed by atoms with Crippen LogP contribution < -0.4 is 10.6 Å². The van der Waals surface area contributed by atoms with Crippen LogP contribution in [0.3, 0.4) is 0 Å². The molecule has 1 atom stereocenters. The van der Waals surface area contributed by atoms with E-state index in [4.69, 9.17) is 0 Å². The van der Waals surface area contributed by atoms with Crippen molar-refractivity contribution in [3.05, 3.63) is 39.4 Å². The van der Waals surface area contributed by atoms with Crippen LogP contribution in [0, 0.1) is 10.1 Å². The number of nitrogens with zero attached hydrogens (tertiary/aromatic N) is 1. The van der Waals surface area contributed by atoms with Gasteiger partial charge in [0.25, 0.3) is 11.6 Å². The SMILES string of the molecule is O=C1CCC(NC(=O)c2cccc([N+](=O)[O-])c2CBr)C(=O)N1.